The van der Waals surface area contributed by atoms with Crippen LogP contribution < -0.4 is 9.64 Å². The first kappa shape index (κ1) is 29.0. The second kappa shape index (κ2) is 11.2. The molecule has 0 aromatic heterocycles. The number of rotatable bonds is 1. The summed E-state index contributed by atoms with van der Waals surface area (Å²) in [7, 11) is 1.60. The summed E-state index contributed by atoms with van der Waals surface area (Å²) < 4.78 is 6.52. The summed E-state index contributed by atoms with van der Waals surface area (Å²) in [5.74, 6) is -0.985. The Kier molecular flexibility index (Phi) is 7.75. The minimum absolute atomic E-state index is 0.105. The second-order valence-electron chi connectivity index (χ2n) is 12.7. The number of carboxylic acid groups (broad SMARTS) is 1. The number of carboxylic acids is 1. The number of carbonyl (C=O) groups excluding carboxylic acids is 1. The zero-order valence-electron chi connectivity index (χ0n) is 24.0. The number of amides is 1. The van der Waals surface area contributed by atoms with Crippen LogP contribution in [0.1, 0.15) is 55.2 Å². The number of halogens is 1. The monoisotopic (exact) mass is 594 g/mol. The molecule has 9 heteroatoms. The molecule has 2 bridgehead atoms. The number of hydrogen-bond acceptors (Lipinski definition) is 6. The Morgan fingerprint density at radius 1 is 1.17 bits per heavy atom. The van der Waals surface area contributed by atoms with Gasteiger partial charge in [0.1, 0.15) is 5.75 Å². The molecule has 1 amide bonds. The molecule has 5 atom stereocenters. The quantitative estimate of drug-likeness (QED) is 0.423. The largest absolute Gasteiger partial charge is 0.490 e. The average Bonchev–Trinajstić information content (AvgIpc) is 3.09. The van der Waals surface area contributed by atoms with Gasteiger partial charge < -0.3 is 29.9 Å². The maximum absolute atomic E-state index is 13.1. The van der Waals surface area contributed by atoms with Gasteiger partial charge in [-0.25, -0.2) is 4.79 Å². The number of benzene rings is 2. The van der Waals surface area contributed by atoms with Crippen molar-refractivity contribution in [2.24, 2.45) is 11.8 Å². The van der Waals surface area contributed by atoms with Crippen molar-refractivity contribution in [3.8, 4) is 5.75 Å². The van der Waals surface area contributed by atoms with E-state index in [1.54, 1.807) is 25.2 Å². The fourth-order valence-corrected chi connectivity index (χ4v) is 7.55. The van der Waals surface area contributed by atoms with Crippen LogP contribution in [0.2, 0.25) is 5.02 Å². The lowest BCUT2D eigenvalue weighted by Gasteiger charge is -2.45. The van der Waals surface area contributed by atoms with Gasteiger partial charge in [-0.2, -0.15) is 0 Å². The first-order valence-electron chi connectivity index (χ1n) is 15.0. The molecule has 4 aliphatic rings. The molecular formula is C33H39ClN2O6. The summed E-state index contributed by atoms with van der Waals surface area (Å²) in [6.45, 7) is 2.11. The van der Waals surface area contributed by atoms with Crippen LogP contribution in [-0.4, -0.2) is 71.5 Å². The molecule has 1 spiro atoms. The molecule has 2 aromatic rings. The third kappa shape index (κ3) is 5.18. The molecule has 1 saturated carbocycles. The highest BCUT2D eigenvalue weighted by atomic mass is 35.5. The highest BCUT2D eigenvalue weighted by Crippen LogP contribution is 2.47. The molecule has 0 unspecified atom stereocenters. The predicted octanol–water partition coefficient (Wildman–Crippen LogP) is 4.28. The Morgan fingerprint density at radius 2 is 2.00 bits per heavy atom. The van der Waals surface area contributed by atoms with Crippen LogP contribution in [0.4, 0.5) is 5.69 Å². The number of aliphatic hydroxyl groups is 2. The summed E-state index contributed by atoms with van der Waals surface area (Å²) in [4.78, 5) is 29.3. The lowest BCUT2D eigenvalue weighted by atomic mass is 9.68. The molecule has 2 aliphatic heterocycles. The van der Waals surface area contributed by atoms with Gasteiger partial charge in [0.25, 0.3) is 0 Å². The van der Waals surface area contributed by atoms with E-state index in [1.807, 2.05) is 24.3 Å². The van der Waals surface area contributed by atoms with Crippen molar-refractivity contribution >= 4 is 29.2 Å². The molecule has 0 saturated heterocycles. The van der Waals surface area contributed by atoms with Crippen LogP contribution in [0.15, 0.2) is 48.6 Å². The normalized spacial score (nSPS) is 32.2. The molecule has 2 aliphatic carbocycles. The predicted molar refractivity (Wildman–Crippen MR) is 160 cm³/mol. The van der Waals surface area contributed by atoms with E-state index >= 15 is 0 Å². The number of aliphatic hydroxyl groups excluding tert-OH is 1. The third-order valence-electron chi connectivity index (χ3n) is 10.0. The topological polar surface area (TPSA) is 111 Å². The van der Waals surface area contributed by atoms with E-state index < -0.39 is 30.0 Å². The molecule has 0 radical (unpaired) electrons. The summed E-state index contributed by atoms with van der Waals surface area (Å²) in [6, 6.07) is 11.1. The Morgan fingerprint density at radius 3 is 2.76 bits per heavy atom. The van der Waals surface area contributed by atoms with Gasteiger partial charge in [-0.15, -0.1) is 0 Å². The summed E-state index contributed by atoms with van der Waals surface area (Å²) >= 11 is 6.38. The first-order valence-corrected chi connectivity index (χ1v) is 15.3. The van der Waals surface area contributed by atoms with E-state index in [0.717, 1.165) is 32.1 Å². The highest BCUT2D eigenvalue weighted by Gasteiger charge is 2.46. The minimum Gasteiger partial charge on any atom is -0.490 e. The minimum atomic E-state index is -2.40. The van der Waals surface area contributed by atoms with Gasteiger partial charge >= 0.3 is 5.97 Å². The van der Waals surface area contributed by atoms with Crippen molar-refractivity contribution in [1.82, 2.24) is 4.90 Å². The second-order valence-corrected chi connectivity index (χ2v) is 13.1. The number of nitrogens with zero attached hydrogens (tertiary/aromatic N) is 2. The highest BCUT2D eigenvalue weighted by molar-refractivity contribution is 6.30. The van der Waals surface area contributed by atoms with E-state index in [-0.39, 0.29) is 22.8 Å². The van der Waals surface area contributed by atoms with Crippen LogP contribution in [0.3, 0.4) is 0 Å². The maximum Gasteiger partial charge on any atom is 0.340 e. The number of ether oxygens (including phenoxy) is 1. The Hall–Kier alpha value is -3.07. The van der Waals surface area contributed by atoms with E-state index in [2.05, 4.69) is 11.0 Å². The first-order chi connectivity index (χ1) is 20.1. The molecule has 2 heterocycles. The summed E-state index contributed by atoms with van der Waals surface area (Å²) in [5.41, 5.74) is 0.594. The molecule has 1 fully saturated rings. The molecule has 6 rings (SSSR count). The van der Waals surface area contributed by atoms with Gasteiger partial charge in [0.05, 0.1) is 24.8 Å². The lowest BCUT2D eigenvalue weighted by molar-refractivity contribution is -0.164. The van der Waals surface area contributed by atoms with Gasteiger partial charge in [0, 0.05) is 37.1 Å². The SMILES string of the molecule is CN1CC/C=C/[C@H](O)[C@@H]2CC[C@H]2CN2C[C@@]3(CCCc4cc(Cl)ccc43)COc3ccc(cc32)[C@@](O)(C(=O)O)CC1=O. The van der Waals surface area contributed by atoms with Crippen molar-refractivity contribution in [3.05, 3.63) is 70.3 Å². The van der Waals surface area contributed by atoms with Crippen molar-refractivity contribution in [2.75, 3.05) is 38.2 Å². The fraction of sp³-hybridized carbons (Fsp3) is 0.515. The smallest absolute Gasteiger partial charge is 0.340 e. The number of anilines is 1. The number of aryl methyl sites for hydroxylation is 1. The van der Waals surface area contributed by atoms with Gasteiger partial charge in [0.2, 0.25) is 5.91 Å². The van der Waals surface area contributed by atoms with Crippen LogP contribution in [0, 0.1) is 11.8 Å². The van der Waals surface area contributed by atoms with E-state index in [4.69, 9.17) is 16.3 Å². The van der Waals surface area contributed by atoms with Gasteiger partial charge in [0.15, 0.2) is 5.60 Å². The van der Waals surface area contributed by atoms with E-state index in [0.29, 0.717) is 49.1 Å². The van der Waals surface area contributed by atoms with Crippen LogP contribution in [-0.2, 0) is 27.0 Å². The molecule has 2 aromatic carbocycles. The lowest BCUT2D eigenvalue weighted by Crippen LogP contribution is -2.49. The zero-order valence-corrected chi connectivity index (χ0v) is 24.7. The Labute approximate surface area is 251 Å². The molecule has 224 valence electrons. The molecule has 3 N–H and O–H groups in total. The van der Waals surface area contributed by atoms with Crippen LogP contribution in [0.25, 0.3) is 0 Å². The molecule has 8 nitrogen and oxygen atoms in total. The average molecular weight is 595 g/mol. The van der Waals surface area contributed by atoms with Crippen molar-refractivity contribution < 1.29 is 29.6 Å². The molecular weight excluding hydrogens is 556 g/mol. The van der Waals surface area contributed by atoms with Crippen molar-refractivity contribution in [1.29, 1.82) is 0 Å². The standard InChI is InChI=1S/C33H39ClN2O6/c1-35-14-3-2-6-28(37)25-10-7-22(25)18-36-19-32(13-4-5-21-15-24(34)9-11-26(21)32)20-42-29-12-8-23(16-27(29)36)33(41,31(39)40)17-30(35)38/h2,6,8-9,11-12,15-16,22,25,28,37,41H,3-5,7,10,13-14,17-20H2,1H3,(H,39,40)/b6-2+/t22-,25+,28-,32-,33+/m0/s1. The van der Waals surface area contributed by atoms with Crippen LogP contribution >= 0.6 is 11.6 Å². The number of carbonyl (C=O) groups is 2. The number of fused-ring (bicyclic) bond motifs is 4. The summed E-state index contributed by atoms with van der Waals surface area (Å²) in [5, 5.41) is 33.5. The number of hydrogen-bond donors (Lipinski definition) is 3. The summed E-state index contributed by atoms with van der Waals surface area (Å²) in [6.07, 6.45) is 7.86. The maximum atomic E-state index is 13.1. The Bertz CT molecular complexity index is 1410. The zero-order chi connectivity index (χ0) is 29.6. The van der Waals surface area contributed by atoms with E-state index in [9.17, 15) is 24.9 Å². The Balaban J connectivity index is 1.46. The van der Waals surface area contributed by atoms with Gasteiger partial charge in [-0.1, -0.05) is 35.9 Å². The van der Waals surface area contributed by atoms with Crippen molar-refractivity contribution in [3.63, 3.8) is 0 Å². The molecule has 42 heavy (non-hydrogen) atoms. The van der Waals surface area contributed by atoms with E-state index in [1.165, 1.54) is 16.0 Å². The number of aliphatic carboxylic acids is 1. The third-order valence-corrected chi connectivity index (χ3v) is 10.3. The van der Waals surface area contributed by atoms with Crippen LogP contribution in [0.5, 0.6) is 5.75 Å². The van der Waals surface area contributed by atoms with Crippen molar-refractivity contribution in [2.45, 2.75) is 62.1 Å². The van der Waals surface area contributed by atoms with Gasteiger partial charge in [-0.05, 0) is 91.3 Å². The van der Waals surface area contributed by atoms with Gasteiger partial charge in [-0.3, -0.25) is 4.79 Å². The fourth-order valence-electron chi connectivity index (χ4n) is 7.35.